The van der Waals surface area contributed by atoms with Crippen molar-refractivity contribution in [2.75, 3.05) is 0 Å². The van der Waals surface area contributed by atoms with Crippen LogP contribution in [0.1, 0.15) is 100 Å². The maximum atomic E-state index is 9.85. The average Bonchev–Trinajstić information content (AvgIpc) is 3.71. The van der Waals surface area contributed by atoms with Gasteiger partial charge in [-0.05, 0) is 216 Å². The van der Waals surface area contributed by atoms with E-state index in [1.807, 2.05) is 194 Å². The van der Waals surface area contributed by atoms with Crippen LogP contribution in [-0.2, 0) is 25.7 Å². The van der Waals surface area contributed by atoms with E-state index < -0.39 is 0 Å². The molecule has 400 valence electrons. The third-order valence-corrected chi connectivity index (χ3v) is 13.7. The maximum Gasteiger partial charge on any atom is 0.115 e. The molecule has 0 heterocycles. The molecule has 0 aromatic heterocycles. The highest BCUT2D eigenvalue weighted by Gasteiger charge is 2.13. The highest BCUT2D eigenvalue weighted by atomic mass is 16.3. The summed E-state index contributed by atoms with van der Waals surface area (Å²) in [5.41, 5.74) is 17.9. The molecular formula is C80H56O4. The lowest BCUT2D eigenvalue weighted by molar-refractivity contribution is 0.474. The lowest BCUT2D eigenvalue weighted by Gasteiger charge is -2.12. The summed E-state index contributed by atoms with van der Waals surface area (Å²) in [6.07, 6.45) is 2.61. The van der Waals surface area contributed by atoms with E-state index in [0.717, 1.165) is 100 Å². The minimum atomic E-state index is 0.235. The monoisotopic (exact) mass is 1080 g/mol. The second-order valence-corrected chi connectivity index (χ2v) is 20.0. The zero-order valence-electron chi connectivity index (χ0n) is 46.0. The van der Waals surface area contributed by atoms with Crippen molar-refractivity contribution in [2.24, 2.45) is 0 Å². The summed E-state index contributed by atoms with van der Waals surface area (Å²) in [5, 5.41) is 39.2. The second-order valence-electron chi connectivity index (χ2n) is 20.0. The Morgan fingerprint density at radius 2 is 0.369 bits per heavy atom. The van der Waals surface area contributed by atoms with Gasteiger partial charge in [0.2, 0.25) is 0 Å². The van der Waals surface area contributed by atoms with Crippen LogP contribution in [0, 0.1) is 59.2 Å². The minimum Gasteiger partial charge on any atom is -0.508 e. The highest BCUT2D eigenvalue weighted by molar-refractivity contribution is 5.60. The van der Waals surface area contributed by atoms with Gasteiger partial charge >= 0.3 is 0 Å². The molecule has 0 saturated heterocycles. The fourth-order valence-corrected chi connectivity index (χ4v) is 9.19. The van der Waals surface area contributed by atoms with Gasteiger partial charge in [0, 0.05) is 55.6 Å². The van der Waals surface area contributed by atoms with Crippen molar-refractivity contribution >= 4 is 0 Å². The summed E-state index contributed by atoms with van der Waals surface area (Å²) in [6, 6.07) is 85.5. The zero-order chi connectivity index (χ0) is 57.7. The topological polar surface area (TPSA) is 80.9 Å². The smallest absolute Gasteiger partial charge is 0.115 e. The molecule has 0 radical (unpaired) electrons. The zero-order valence-corrected chi connectivity index (χ0v) is 46.0. The van der Waals surface area contributed by atoms with Crippen molar-refractivity contribution in [1.29, 1.82) is 0 Å². The van der Waals surface area contributed by atoms with Gasteiger partial charge in [-0.2, -0.15) is 0 Å². The molecular weight excluding hydrogens is 1020 g/mol. The van der Waals surface area contributed by atoms with Gasteiger partial charge in [0.05, 0.1) is 0 Å². The molecule has 0 unspecified atom stereocenters. The predicted octanol–water partition coefficient (Wildman–Crippen LogP) is 15.6. The van der Waals surface area contributed by atoms with Crippen molar-refractivity contribution < 1.29 is 20.4 Å². The van der Waals surface area contributed by atoms with Crippen LogP contribution in [0.15, 0.2) is 267 Å². The van der Waals surface area contributed by atoms with Gasteiger partial charge in [-0.3, -0.25) is 0 Å². The number of hydrogen-bond acceptors (Lipinski definition) is 4. The van der Waals surface area contributed by atoms with E-state index in [-0.39, 0.29) is 23.0 Å². The minimum absolute atomic E-state index is 0.235. The maximum absolute atomic E-state index is 9.85. The van der Waals surface area contributed by atoms with Crippen LogP contribution in [0.4, 0.5) is 0 Å². The van der Waals surface area contributed by atoms with Gasteiger partial charge in [-0.25, -0.2) is 0 Å². The van der Waals surface area contributed by atoms with Gasteiger partial charge in [0.1, 0.15) is 23.0 Å². The lowest BCUT2D eigenvalue weighted by atomic mass is 9.91. The molecule has 0 spiro atoms. The number of aromatic hydroxyl groups is 4. The van der Waals surface area contributed by atoms with Crippen molar-refractivity contribution in [3.05, 3.63) is 367 Å². The van der Waals surface area contributed by atoms with Crippen LogP contribution in [0.2, 0.25) is 0 Å². The molecule has 11 aromatic rings. The Bertz CT molecular complexity index is 4210. The first-order chi connectivity index (χ1) is 41.2. The fraction of sp³-hybridized carbons (Fsp3) is 0.0500. The second kappa shape index (κ2) is 28.0. The van der Waals surface area contributed by atoms with Gasteiger partial charge < -0.3 is 20.4 Å². The van der Waals surface area contributed by atoms with Crippen LogP contribution >= 0.6 is 0 Å². The number of phenols is 4. The van der Waals surface area contributed by atoms with E-state index in [4.69, 9.17) is 0 Å². The number of phenolic OH excluding ortho intramolecular Hbond substituents is 4. The first kappa shape index (κ1) is 55.7. The van der Waals surface area contributed by atoms with E-state index in [2.05, 4.69) is 83.5 Å². The van der Waals surface area contributed by atoms with Gasteiger partial charge in [-0.15, -0.1) is 0 Å². The van der Waals surface area contributed by atoms with Crippen LogP contribution in [0.25, 0.3) is 0 Å². The molecule has 0 aliphatic carbocycles. The van der Waals surface area contributed by atoms with E-state index >= 15 is 0 Å². The molecule has 4 N–H and O–H groups in total. The molecule has 11 rings (SSSR count). The van der Waals surface area contributed by atoms with E-state index in [0.29, 0.717) is 25.7 Å². The van der Waals surface area contributed by atoms with E-state index in [1.54, 1.807) is 48.5 Å². The SMILES string of the molecule is Oc1ccc(Cc2cc(C#Cc3ccc(C#Cc4ccccc4)cc3)c(Cc3ccc(O)cc3)cc2C#Cc2ccccc2)cc1.Oc1ccc(Cc2cc(C#Cc3ccccc3)c(Cc3ccc(O)cc3)cc2C#Cc2ccccc2)cc1. The van der Waals surface area contributed by atoms with Crippen molar-refractivity contribution in [1.82, 2.24) is 0 Å². The quantitative estimate of drug-likeness (QED) is 0.114. The summed E-state index contributed by atoms with van der Waals surface area (Å²) in [5.74, 6) is 34.4. The van der Waals surface area contributed by atoms with Crippen molar-refractivity contribution in [3.63, 3.8) is 0 Å². The normalized spacial score (nSPS) is 10.0. The Labute approximate surface area is 492 Å². The Morgan fingerprint density at radius 1 is 0.190 bits per heavy atom. The summed E-state index contributed by atoms with van der Waals surface area (Å²) in [7, 11) is 0. The third-order valence-electron chi connectivity index (χ3n) is 13.7. The molecule has 84 heavy (non-hydrogen) atoms. The summed E-state index contributed by atoms with van der Waals surface area (Å²) >= 11 is 0. The van der Waals surface area contributed by atoms with Gasteiger partial charge in [0.15, 0.2) is 0 Å². The summed E-state index contributed by atoms with van der Waals surface area (Å²) in [4.78, 5) is 0. The van der Waals surface area contributed by atoms with E-state index in [9.17, 15) is 20.4 Å². The first-order valence-corrected chi connectivity index (χ1v) is 27.5. The molecule has 0 aliphatic heterocycles. The fourth-order valence-electron chi connectivity index (χ4n) is 9.19. The molecule has 0 aliphatic rings. The Hall–Kier alpha value is -11.6. The molecule has 0 atom stereocenters. The average molecular weight is 1080 g/mol. The Kier molecular flexibility index (Phi) is 18.6. The molecule has 0 fully saturated rings. The first-order valence-electron chi connectivity index (χ1n) is 27.5. The van der Waals surface area contributed by atoms with E-state index in [1.165, 1.54) is 0 Å². The largest absolute Gasteiger partial charge is 0.508 e. The molecule has 0 amide bonds. The molecule has 0 saturated carbocycles. The number of rotatable bonds is 8. The van der Waals surface area contributed by atoms with Crippen molar-refractivity contribution in [3.8, 4) is 82.2 Å². The predicted molar refractivity (Wildman–Crippen MR) is 339 cm³/mol. The van der Waals surface area contributed by atoms with Crippen LogP contribution < -0.4 is 0 Å². The molecule has 4 heteroatoms. The molecule has 4 nitrogen and oxygen atoms in total. The lowest BCUT2D eigenvalue weighted by Crippen LogP contribution is -2.00. The van der Waals surface area contributed by atoms with Crippen LogP contribution in [0.5, 0.6) is 23.0 Å². The molecule has 11 aromatic carbocycles. The van der Waals surface area contributed by atoms with Crippen molar-refractivity contribution in [2.45, 2.75) is 25.7 Å². The van der Waals surface area contributed by atoms with Gasteiger partial charge in [-0.1, -0.05) is 181 Å². The van der Waals surface area contributed by atoms with Crippen LogP contribution in [0.3, 0.4) is 0 Å². The van der Waals surface area contributed by atoms with Gasteiger partial charge in [0.25, 0.3) is 0 Å². The number of benzene rings is 11. The standard InChI is InChI=1S/C44H30O2.C36H26O2/c45-43-25-19-37(20-26-43)29-41-32-40(24-18-36-15-13-35(14-16-36)12-11-33-7-3-1-4-8-33)42(30-38-21-27-44(46)28-22-38)31-39(41)23-17-34-9-5-2-6-10-34;37-35-19-13-29(14-20-35)23-33-26-32(18-12-28-9-5-2-6-10-28)34(24-30-15-21-36(38)22-16-30)25-31(33)17-11-27-7-3-1-4-8-27/h1-10,13-16,19-22,25-28,31-32,45-46H,29-30H2;1-10,13-16,19-22,25-26,37-38H,23-24H2. The highest BCUT2D eigenvalue weighted by Crippen LogP contribution is 2.27. The summed E-state index contributed by atoms with van der Waals surface area (Å²) in [6.45, 7) is 0. The summed E-state index contributed by atoms with van der Waals surface area (Å²) < 4.78 is 0. The Balaban J connectivity index is 0.000000191. The number of hydrogen-bond donors (Lipinski definition) is 4. The Morgan fingerprint density at radius 3 is 0.571 bits per heavy atom. The van der Waals surface area contributed by atoms with Crippen LogP contribution in [-0.4, -0.2) is 20.4 Å². The molecule has 0 bridgehead atoms. The third kappa shape index (κ3) is 16.5.